The summed E-state index contributed by atoms with van der Waals surface area (Å²) in [5.41, 5.74) is 6.40. The summed E-state index contributed by atoms with van der Waals surface area (Å²) >= 11 is 4.94. The summed E-state index contributed by atoms with van der Waals surface area (Å²) in [6, 6.07) is -0.515. The molecule has 2 aliphatic heterocycles. The number of β-lactam (4-membered cyclic amide) rings is 1. The number of thioether (sulfide) groups is 1. The summed E-state index contributed by atoms with van der Waals surface area (Å²) in [6.07, 6.45) is 0. The number of nitrogens with zero attached hydrogens (tertiary/aromatic N) is 1. The standard InChI is InChI=1S/C12H17BrN2O3S/c1-12(2,3)18-11(17)8-6(4-13)5-19-10-7(14)9(16)15(8)10/h7,10H,4-5,14H2,1-3H3. The highest BCUT2D eigenvalue weighted by molar-refractivity contribution is 9.09. The Morgan fingerprint density at radius 3 is 2.74 bits per heavy atom. The van der Waals surface area contributed by atoms with Crippen LogP contribution >= 0.6 is 27.7 Å². The fraction of sp³-hybridized carbons (Fsp3) is 0.667. The molecule has 19 heavy (non-hydrogen) atoms. The molecule has 2 unspecified atom stereocenters. The van der Waals surface area contributed by atoms with Crippen molar-refractivity contribution in [3.8, 4) is 0 Å². The summed E-state index contributed by atoms with van der Waals surface area (Å²) in [5.74, 6) is 0.0196. The van der Waals surface area contributed by atoms with Crippen LogP contribution in [0, 0.1) is 0 Å². The van der Waals surface area contributed by atoms with Crippen molar-refractivity contribution in [2.24, 2.45) is 5.73 Å². The van der Waals surface area contributed by atoms with Gasteiger partial charge in [-0.3, -0.25) is 9.69 Å². The Balaban J connectivity index is 2.30. The molecule has 1 fully saturated rings. The van der Waals surface area contributed by atoms with E-state index in [4.69, 9.17) is 10.5 Å². The Bertz CT molecular complexity index is 458. The van der Waals surface area contributed by atoms with Gasteiger partial charge in [0.05, 0.1) is 0 Å². The van der Waals surface area contributed by atoms with Gasteiger partial charge in [-0.25, -0.2) is 4.79 Å². The quantitative estimate of drug-likeness (QED) is 0.461. The molecule has 1 saturated heterocycles. The zero-order valence-electron chi connectivity index (χ0n) is 11.1. The van der Waals surface area contributed by atoms with Gasteiger partial charge in [-0.2, -0.15) is 0 Å². The van der Waals surface area contributed by atoms with Gasteiger partial charge in [-0.05, 0) is 26.3 Å². The smallest absolute Gasteiger partial charge is 0.355 e. The normalized spacial score (nSPS) is 27.0. The summed E-state index contributed by atoms with van der Waals surface area (Å²) in [4.78, 5) is 25.6. The minimum absolute atomic E-state index is 0.141. The zero-order valence-corrected chi connectivity index (χ0v) is 13.5. The Hall–Kier alpha value is -0.530. The predicted molar refractivity (Wildman–Crippen MR) is 77.7 cm³/mol. The molecule has 106 valence electrons. The van der Waals surface area contributed by atoms with Crippen molar-refractivity contribution >= 4 is 39.6 Å². The number of fused-ring (bicyclic) bond motifs is 1. The second-order valence-corrected chi connectivity index (χ2v) is 7.19. The van der Waals surface area contributed by atoms with Crippen molar-refractivity contribution < 1.29 is 14.3 Å². The lowest BCUT2D eigenvalue weighted by atomic mass is 10.0. The molecule has 0 aromatic rings. The van der Waals surface area contributed by atoms with Crippen LogP contribution in [0.2, 0.25) is 0 Å². The lowest BCUT2D eigenvalue weighted by Gasteiger charge is -2.48. The topological polar surface area (TPSA) is 72.6 Å². The number of hydrogen-bond acceptors (Lipinski definition) is 5. The molecule has 0 aliphatic carbocycles. The van der Waals surface area contributed by atoms with Crippen LogP contribution in [0.4, 0.5) is 0 Å². The first-order valence-corrected chi connectivity index (χ1v) is 8.15. The van der Waals surface area contributed by atoms with E-state index in [1.165, 1.54) is 4.90 Å². The first kappa shape index (κ1) is 14.9. The number of carbonyl (C=O) groups excluding carboxylic acids is 2. The zero-order chi connectivity index (χ0) is 14.4. The number of halogens is 1. The highest BCUT2D eigenvalue weighted by atomic mass is 79.9. The van der Waals surface area contributed by atoms with Gasteiger partial charge in [0.1, 0.15) is 22.7 Å². The SMILES string of the molecule is CC(C)(C)OC(=O)C1=C(CBr)CSC2C(N)C(=O)N12. The van der Waals surface area contributed by atoms with E-state index in [1.807, 2.05) is 0 Å². The van der Waals surface area contributed by atoms with Crippen molar-refractivity contribution in [3.05, 3.63) is 11.3 Å². The Morgan fingerprint density at radius 1 is 1.58 bits per heavy atom. The van der Waals surface area contributed by atoms with Gasteiger partial charge >= 0.3 is 5.97 Å². The average molecular weight is 349 g/mol. The number of esters is 1. The van der Waals surface area contributed by atoms with Crippen LogP contribution in [0.15, 0.2) is 11.3 Å². The van der Waals surface area contributed by atoms with Crippen molar-refractivity contribution in [2.75, 3.05) is 11.1 Å². The second-order valence-electron chi connectivity index (χ2n) is 5.52. The third-order valence-electron chi connectivity index (χ3n) is 2.84. The summed E-state index contributed by atoms with van der Waals surface area (Å²) in [6.45, 7) is 5.41. The molecule has 0 aromatic heterocycles. The second kappa shape index (κ2) is 5.10. The fourth-order valence-corrected chi connectivity index (χ4v) is 4.02. The molecule has 0 bridgehead atoms. The molecular weight excluding hydrogens is 332 g/mol. The number of nitrogens with two attached hydrogens (primary N) is 1. The molecule has 0 radical (unpaired) electrons. The fourth-order valence-electron chi connectivity index (χ4n) is 2.00. The van der Waals surface area contributed by atoms with E-state index in [0.717, 1.165) is 5.57 Å². The van der Waals surface area contributed by atoms with Crippen LogP contribution in [0.3, 0.4) is 0 Å². The monoisotopic (exact) mass is 348 g/mol. The summed E-state index contributed by atoms with van der Waals surface area (Å²) in [5, 5.41) is 0.401. The van der Waals surface area contributed by atoms with Gasteiger partial charge in [0.25, 0.3) is 0 Å². The molecule has 2 rings (SSSR count). The maximum absolute atomic E-state index is 12.3. The Morgan fingerprint density at radius 2 is 2.21 bits per heavy atom. The largest absolute Gasteiger partial charge is 0.455 e. The molecule has 1 amide bonds. The van der Waals surface area contributed by atoms with E-state index in [-0.39, 0.29) is 11.3 Å². The van der Waals surface area contributed by atoms with Gasteiger partial charge in [0, 0.05) is 11.1 Å². The molecule has 2 aliphatic rings. The van der Waals surface area contributed by atoms with Crippen molar-refractivity contribution in [1.29, 1.82) is 0 Å². The predicted octanol–water partition coefficient (Wildman–Crippen LogP) is 1.22. The summed E-state index contributed by atoms with van der Waals surface area (Å²) < 4.78 is 5.38. The number of alkyl halides is 1. The van der Waals surface area contributed by atoms with Gasteiger partial charge in [-0.15, -0.1) is 11.8 Å². The maximum atomic E-state index is 12.3. The van der Waals surface area contributed by atoms with Crippen LogP contribution in [0.25, 0.3) is 0 Å². The lowest BCUT2D eigenvalue weighted by Crippen LogP contribution is -2.68. The van der Waals surface area contributed by atoms with E-state index >= 15 is 0 Å². The van der Waals surface area contributed by atoms with Crippen LogP contribution < -0.4 is 5.73 Å². The molecule has 7 heteroatoms. The van der Waals surface area contributed by atoms with Crippen LogP contribution in [0.5, 0.6) is 0 Å². The molecule has 2 heterocycles. The number of hydrogen-bond donors (Lipinski definition) is 1. The molecule has 0 saturated carbocycles. The molecule has 2 N–H and O–H groups in total. The van der Waals surface area contributed by atoms with Gasteiger partial charge < -0.3 is 10.5 Å². The maximum Gasteiger partial charge on any atom is 0.355 e. The lowest BCUT2D eigenvalue weighted by molar-refractivity contribution is -0.157. The molecule has 2 atom stereocenters. The van der Waals surface area contributed by atoms with Gasteiger partial charge in [-0.1, -0.05) is 15.9 Å². The molecule has 0 aromatic carbocycles. The van der Waals surface area contributed by atoms with Crippen molar-refractivity contribution in [3.63, 3.8) is 0 Å². The van der Waals surface area contributed by atoms with E-state index in [1.54, 1.807) is 32.5 Å². The van der Waals surface area contributed by atoms with Crippen LogP contribution in [0.1, 0.15) is 20.8 Å². The summed E-state index contributed by atoms with van der Waals surface area (Å²) in [7, 11) is 0. The average Bonchev–Trinajstić information content (AvgIpc) is 2.33. The number of ether oxygens (including phenoxy) is 1. The number of amides is 1. The van der Waals surface area contributed by atoms with E-state index in [2.05, 4.69) is 15.9 Å². The van der Waals surface area contributed by atoms with Crippen molar-refractivity contribution in [1.82, 2.24) is 4.90 Å². The van der Waals surface area contributed by atoms with Crippen LogP contribution in [-0.4, -0.2) is 44.9 Å². The minimum Gasteiger partial charge on any atom is -0.455 e. The number of carbonyl (C=O) groups is 2. The molecule has 0 spiro atoms. The van der Waals surface area contributed by atoms with Crippen molar-refractivity contribution in [2.45, 2.75) is 37.8 Å². The highest BCUT2D eigenvalue weighted by Gasteiger charge is 2.52. The van der Waals surface area contributed by atoms with Crippen LogP contribution in [-0.2, 0) is 14.3 Å². The number of rotatable bonds is 2. The van der Waals surface area contributed by atoms with Gasteiger partial charge in [0.15, 0.2) is 0 Å². The first-order valence-electron chi connectivity index (χ1n) is 5.98. The Kier molecular flexibility index (Phi) is 3.99. The highest BCUT2D eigenvalue weighted by Crippen LogP contribution is 2.40. The van der Waals surface area contributed by atoms with Gasteiger partial charge in [0.2, 0.25) is 5.91 Å². The minimum atomic E-state index is -0.586. The third kappa shape index (κ3) is 2.68. The van der Waals surface area contributed by atoms with E-state index in [9.17, 15) is 9.59 Å². The molecular formula is C12H17BrN2O3S. The third-order valence-corrected chi connectivity index (χ3v) is 4.88. The van der Waals surface area contributed by atoms with E-state index in [0.29, 0.717) is 16.8 Å². The van der Waals surface area contributed by atoms with E-state index < -0.39 is 17.6 Å². The molecule has 5 nitrogen and oxygen atoms in total. The first-order chi connectivity index (χ1) is 8.76. The Labute approximate surface area is 125 Å².